The summed E-state index contributed by atoms with van der Waals surface area (Å²) in [6.45, 7) is 2.03. The van der Waals surface area contributed by atoms with Crippen molar-refractivity contribution in [2.75, 3.05) is 11.9 Å². The third kappa shape index (κ3) is 2.91. The van der Waals surface area contributed by atoms with Crippen LogP contribution in [0, 0.1) is 12.8 Å². The highest BCUT2D eigenvalue weighted by molar-refractivity contribution is 5.94. The second-order valence-electron chi connectivity index (χ2n) is 5.24. The van der Waals surface area contributed by atoms with E-state index >= 15 is 0 Å². The van der Waals surface area contributed by atoms with Gasteiger partial charge in [-0.25, -0.2) is 0 Å². The maximum Gasteiger partial charge on any atom is 0.229 e. The fourth-order valence-electron chi connectivity index (χ4n) is 2.56. The largest absolute Gasteiger partial charge is 0.393 e. The van der Waals surface area contributed by atoms with Crippen molar-refractivity contribution in [2.45, 2.75) is 38.7 Å². The van der Waals surface area contributed by atoms with Crippen molar-refractivity contribution in [1.82, 2.24) is 0 Å². The molecule has 1 amide bonds. The molecule has 0 radical (unpaired) electrons. The molecule has 1 aliphatic rings. The lowest BCUT2D eigenvalue weighted by Gasteiger charge is -2.28. The van der Waals surface area contributed by atoms with E-state index in [9.17, 15) is 9.90 Å². The Morgan fingerprint density at radius 1 is 1.28 bits per heavy atom. The molecule has 3 nitrogen and oxygen atoms in total. The molecule has 3 heteroatoms. The van der Waals surface area contributed by atoms with Crippen LogP contribution in [-0.4, -0.2) is 24.2 Å². The van der Waals surface area contributed by atoms with E-state index in [4.69, 9.17) is 0 Å². The van der Waals surface area contributed by atoms with Gasteiger partial charge in [0.15, 0.2) is 0 Å². The van der Waals surface area contributed by atoms with Crippen LogP contribution in [0.15, 0.2) is 24.3 Å². The lowest BCUT2D eigenvalue weighted by Crippen LogP contribution is -2.35. The number of aliphatic hydroxyl groups is 1. The summed E-state index contributed by atoms with van der Waals surface area (Å²) in [5.41, 5.74) is 2.11. The highest BCUT2D eigenvalue weighted by Crippen LogP contribution is 2.27. The molecule has 0 aliphatic heterocycles. The predicted octanol–water partition coefficient (Wildman–Crippen LogP) is 2.51. The van der Waals surface area contributed by atoms with Crippen molar-refractivity contribution < 1.29 is 9.90 Å². The van der Waals surface area contributed by atoms with Gasteiger partial charge in [0.05, 0.1) is 6.10 Å². The Balaban J connectivity index is 2.04. The number of aryl methyl sites for hydroxylation is 1. The van der Waals surface area contributed by atoms with Gasteiger partial charge in [0.1, 0.15) is 0 Å². The number of hydrogen-bond acceptors (Lipinski definition) is 2. The normalized spacial score (nSPS) is 23.7. The zero-order valence-electron chi connectivity index (χ0n) is 11.1. The molecule has 0 saturated heterocycles. The number of benzene rings is 1. The minimum Gasteiger partial charge on any atom is -0.393 e. The first kappa shape index (κ1) is 13.1. The average Bonchev–Trinajstić information content (AvgIpc) is 2.38. The second kappa shape index (κ2) is 5.53. The van der Waals surface area contributed by atoms with E-state index in [1.807, 2.05) is 38.2 Å². The van der Waals surface area contributed by atoms with Crippen molar-refractivity contribution in [3.05, 3.63) is 29.8 Å². The van der Waals surface area contributed by atoms with Gasteiger partial charge in [-0.3, -0.25) is 4.79 Å². The van der Waals surface area contributed by atoms with Crippen molar-refractivity contribution in [1.29, 1.82) is 0 Å². The van der Waals surface area contributed by atoms with Crippen LogP contribution in [0.4, 0.5) is 5.69 Å². The number of hydrogen-bond donors (Lipinski definition) is 1. The van der Waals surface area contributed by atoms with Gasteiger partial charge in [0.25, 0.3) is 0 Å². The molecule has 0 aromatic heterocycles. The number of rotatable bonds is 2. The third-order valence-corrected chi connectivity index (χ3v) is 3.77. The lowest BCUT2D eigenvalue weighted by atomic mass is 9.86. The van der Waals surface area contributed by atoms with Gasteiger partial charge in [0.2, 0.25) is 5.91 Å². The van der Waals surface area contributed by atoms with Gasteiger partial charge in [-0.2, -0.15) is 0 Å². The summed E-state index contributed by atoms with van der Waals surface area (Å²) in [5, 5.41) is 9.48. The molecule has 18 heavy (non-hydrogen) atoms. The average molecular weight is 247 g/mol. The van der Waals surface area contributed by atoms with E-state index < -0.39 is 0 Å². The summed E-state index contributed by atoms with van der Waals surface area (Å²) in [5.74, 6) is 0.242. The lowest BCUT2D eigenvalue weighted by molar-refractivity contribution is -0.123. The molecule has 1 saturated carbocycles. The fraction of sp³-hybridized carbons (Fsp3) is 0.533. The van der Waals surface area contributed by atoms with Crippen LogP contribution in [0.3, 0.4) is 0 Å². The van der Waals surface area contributed by atoms with Crippen LogP contribution in [0.25, 0.3) is 0 Å². The van der Waals surface area contributed by atoms with Gasteiger partial charge in [0, 0.05) is 18.7 Å². The van der Waals surface area contributed by atoms with E-state index in [1.54, 1.807) is 4.90 Å². The quantitative estimate of drug-likeness (QED) is 0.872. The van der Waals surface area contributed by atoms with Crippen molar-refractivity contribution in [2.24, 2.45) is 5.92 Å². The molecular weight excluding hydrogens is 226 g/mol. The van der Waals surface area contributed by atoms with Crippen LogP contribution in [0.5, 0.6) is 0 Å². The monoisotopic (exact) mass is 247 g/mol. The number of carbonyl (C=O) groups is 1. The second-order valence-corrected chi connectivity index (χ2v) is 5.24. The van der Waals surface area contributed by atoms with E-state index in [0.29, 0.717) is 0 Å². The molecule has 1 aromatic carbocycles. The Labute approximate surface area is 108 Å². The number of nitrogens with zero attached hydrogens (tertiary/aromatic N) is 1. The minimum atomic E-state index is -0.210. The number of aliphatic hydroxyl groups excluding tert-OH is 1. The van der Waals surface area contributed by atoms with Crippen LogP contribution >= 0.6 is 0 Å². The van der Waals surface area contributed by atoms with Crippen LogP contribution < -0.4 is 4.90 Å². The van der Waals surface area contributed by atoms with E-state index in [1.165, 1.54) is 0 Å². The summed E-state index contributed by atoms with van der Waals surface area (Å²) in [4.78, 5) is 14.1. The molecule has 0 atom stereocenters. The van der Waals surface area contributed by atoms with Gasteiger partial charge in [-0.1, -0.05) is 12.1 Å². The van der Waals surface area contributed by atoms with Crippen molar-refractivity contribution in [3.63, 3.8) is 0 Å². The van der Waals surface area contributed by atoms with Crippen molar-refractivity contribution >= 4 is 11.6 Å². The number of anilines is 1. The molecule has 1 aromatic rings. The fourth-order valence-corrected chi connectivity index (χ4v) is 2.56. The molecule has 1 aliphatic carbocycles. The van der Waals surface area contributed by atoms with E-state index in [-0.39, 0.29) is 17.9 Å². The van der Waals surface area contributed by atoms with Gasteiger partial charge in [-0.05, 0) is 50.3 Å². The Bertz CT molecular complexity index is 422. The summed E-state index contributed by atoms with van der Waals surface area (Å²) < 4.78 is 0. The van der Waals surface area contributed by atoms with Crippen LogP contribution in [0.2, 0.25) is 0 Å². The summed E-state index contributed by atoms with van der Waals surface area (Å²) in [7, 11) is 1.84. The van der Waals surface area contributed by atoms with E-state index in [2.05, 4.69) is 0 Å². The van der Waals surface area contributed by atoms with Crippen LogP contribution in [0.1, 0.15) is 31.2 Å². The smallest absolute Gasteiger partial charge is 0.229 e. The molecule has 98 valence electrons. The van der Waals surface area contributed by atoms with E-state index in [0.717, 1.165) is 36.9 Å². The molecule has 2 rings (SSSR count). The maximum absolute atomic E-state index is 12.4. The molecule has 1 N–H and O–H groups in total. The minimum absolute atomic E-state index is 0.0684. The molecule has 0 heterocycles. The maximum atomic E-state index is 12.4. The van der Waals surface area contributed by atoms with Gasteiger partial charge < -0.3 is 10.0 Å². The Morgan fingerprint density at radius 2 is 1.94 bits per heavy atom. The van der Waals surface area contributed by atoms with Gasteiger partial charge >= 0.3 is 0 Å². The molecular formula is C15H21NO2. The number of carbonyl (C=O) groups excluding carboxylic acids is 1. The molecule has 0 unspecified atom stereocenters. The first-order valence-corrected chi connectivity index (χ1v) is 6.60. The zero-order valence-corrected chi connectivity index (χ0v) is 11.1. The zero-order chi connectivity index (χ0) is 13.1. The SMILES string of the molecule is Cc1cccc(N(C)C(=O)C2CCC(O)CC2)c1. The van der Waals surface area contributed by atoms with Crippen molar-refractivity contribution in [3.8, 4) is 0 Å². The first-order valence-electron chi connectivity index (χ1n) is 6.60. The molecule has 0 spiro atoms. The summed E-state index contributed by atoms with van der Waals surface area (Å²) >= 11 is 0. The summed E-state index contributed by atoms with van der Waals surface area (Å²) in [6, 6.07) is 7.98. The Morgan fingerprint density at radius 3 is 2.56 bits per heavy atom. The number of amides is 1. The Kier molecular flexibility index (Phi) is 4.02. The summed E-state index contributed by atoms with van der Waals surface area (Å²) in [6.07, 6.45) is 2.89. The van der Waals surface area contributed by atoms with Crippen LogP contribution in [-0.2, 0) is 4.79 Å². The Hall–Kier alpha value is -1.35. The first-order chi connectivity index (χ1) is 8.58. The predicted molar refractivity (Wildman–Crippen MR) is 72.6 cm³/mol. The third-order valence-electron chi connectivity index (χ3n) is 3.77. The highest BCUT2D eigenvalue weighted by Gasteiger charge is 2.27. The highest BCUT2D eigenvalue weighted by atomic mass is 16.3. The standard InChI is InChI=1S/C15H21NO2/c1-11-4-3-5-13(10-11)16(2)15(18)12-6-8-14(17)9-7-12/h3-5,10,12,14,17H,6-9H2,1-2H3. The molecule has 0 bridgehead atoms. The molecule has 1 fully saturated rings. The topological polar surface area (TPSA) is 40.5 Å². The van der Waals surface area contributed by atoms with Gasteiger partial charge in [-0.15, -0.1) is 0 Å².